The van der Waals surface area contributed by atoms with E-state index in [0.717, 1.165) is 12.2 Å². The van der Waals surface area contributed by atoms with Crippen molar-refractivity contribution in [3.05, 3.63) is 59.7 Å². The van der Waals surface area contributed by atoms with Crippen LogP contribution in [-0.4, -0.2) is 51.8 Å². The van der Waals surface area contributed by atoms with Crippen molar-refractivity contribution in [1.29, 1.82) is 0 Å². The van der Waals surface area contributed by atoms with Gasteiger partial charge in [0.15, 0.2) is 9.84 Å². The van der Waals surface area contributed by atoms with Crippen LogP contribution in [0.2, 0.25) is 0 Å². The molecule has 0 aromatic heterocycles. The molecule has 0 unspecified atom stereocenters. The van der Waals surface area contributed by atoms with Crippen LogP contribution in [-0.2, 0) is 31.4 Å². The standard InChI is InChI=1S/C23H27NO5S/c1-28-19-7-8-21-18(17-19)9-15-29-23(21)11-13-24(14-12-23)22(25)10-16-30(26,27)20-5-3-2-4-6-20/h2-8,17H,9-16H2,1H3. The topological polar surface area (TPSA) is 72.9 Å². The Morgan fingerprint density at radius 1 is 1.13 bits per heavy atom. The Labute approximate surface area is 177 Å². The fourth-order valence-electron chi connectivity index (χ4n) is 4.44. The minimum atomic E-state index is -3.45. The van der Waals surface area contributed by atoms with Crippen LogP contribution >= 0.6 is 0 Å². The van der Waals surface area contributed by atoms with Crippen molar-refractivity contribution >= 4 is 15.7 Å². The fourth-order valence-corrected chi connectivity index (χ4v) is 5.69. The average Bonchev–Trinajstić information content (AvgIpc) is 2.78. The zero-order chi connectivity index (χ0) is 21.2. The van der Waals surface area contributed by atoms with Crippen molar-refractivity contribution in [2.24, 2.45) is 0 Å². The van der Waals surface area contributed by atoms with E-state index in [1.54, 1.807) is 42.3 Å². The summed E-state index contributed by atoms with van der Waals surface area (Å²) in [4.78, 5) is 14.7. The lowest BCUT2D eigenvalue weighted by atomic mass is 9.79. The molecule has 160 valence electrons. The van der Waals surface area contributed by atoms with Gasteiger partial charge in [0.1, 0.15) is 5.75 Å². The third-order valence-corrected chi connectivity index (χ3v) is 7.90. The average molecular weight is 430 g/mol. The Kier molecular flexibility index (Phi) is 5.84. The summed E-state index contributed by atoms with van der Waals surface area (Å²) in [5, 5.41) is 0. The van der Waals surface area contributed by atoms with Gasteiger partial charge in [0.2, 0.25) is 5.91 Å². The molecular formula is C23H27NO5S. The number of sulfone groups is 1. The van der Waals surface area contributed by atoms with E-state index in [1.165, 1.54) is 11.1 Å². The molecule has 2 heterocycles. The molecule has 0 saturated carbocycles. The predicted molar refractivity (Wildman–Crippen MR) is 113 cm³/mol. The van der Waals surface area contributed by atoms with Crippen LogP contribution in [0.3, 0.4) is 0 Å². The third kappa shape index (κ3) is 4.09. The number of fused-ring (bicyclic) bond motifs is 2. The first-order chi connectivity index (χ1) is 14.4. The van der Waals surface area contributed by atoms with Crippen molar-refractivity contribution in [3.63, 3.8) is 0 Å². The zero-order valence-corrected chi connectivity index (χ0v) is 18.0. The van der Waals surface area contributed by atoms with Crippen molar-refractivity contribution < 1.29 is 22.7 Å². The van der Waals surface area contributed by atoms with E-state index in [0.29, 0.717) is 32.5 Å². The van der Waals surface area contributed by atoms with Gasteiger partial charge < -0.3 is 14.4 Å². The summed E-state index contributed by atoms with van der Waals surface area (Å²) in [5.41, 5.74) is 2.06. The molecule has 7 heteroatoms. The van der Waals surface area contributed by atoms with Crippen LogP contribution in [0.1, 0.15) is 30.4 Å². The normalized spacial score (nSPS) is 18.1. The lowest BCUT2D eigenvalue weighted by Gasteiger charge is -2.45. The number of ether oxygens (including phenoxy) is 2. The first-order valence-electron chi connectivity index (χ1n) is 10.3. The lowest BCUT2D eigenvalue weighted by Crippen LogP contribution is -2.48. The van der Waals surface area contributed by atoms with Gasteiger partial charge >= 0.3 is 0 Å². The van der Waals surface area contributed by atoms with Crippen molar-refractivity contribution in [2.45, 2.75) is 36.2 Å². The van der Waals surface area contributed by atoms with E-state index in [9.17, 15) is 13.2 Å². The first-order valence-corrected chi connectivity index (χ1v) is 12.0. The highest BCUT2D eigenvalue weighted by molar-refractivity contribution is 7.91. The molecule has 1 saturated heterocycles. The summed E-state index contributed by atoms with van der Waals surface area (Å²) in [6, 6.07) is 14.4. The summed E-state index contributed by atoms with van der Waals surface area (Å²) in [5.74, 6) is 0.560. The summed E-state index contributed by atoms with van der Waals surface area (Å²) in [6.45, 7) is 1.79. The van der Waals surface area contributed by atoms with Crippen molar-refractivity contribution in [3.8, 4) is 5.75 Å². The number of benzene rings is 2. The Morgan fingerprint density at radius 2 is 1.87 bits per heavy atom. The van der Waals surface area contributed by atoms with E-state index in [1.807, 2.05) is 6.07 Å². The van der Waals surface area contributed by atoms with E-state index in [-0.39, 0.29) is 28.6 Å². The molecule has 2 aromatic carbocycles. The molecule has 0 aliphatic carbocycles. The number of likely N-dealkylation sites (tertiary alicyclic amines) is 1. The summed E-state index contributed by atoms with van der Waals surface area (Å²) in [7, 11) is -1.79. The maximum atomic E-state index is 12.7. The second-order valence-corrected chi connectivity index (χ2v) is 9.99. The number of methoxy groups -OCH3 is 1. The van der Waals surface area contributed by atoms with Gasteiger partial charge in [-0.3, -0.25) is 4.79 Å². The highest BCUT2D eigenvalue weighted by Gasteiger charge is 2.41. The van der Waals surface area contributed by atoms with E-state index in [2.05, 4.69) is 12.1 Å². The van der Waals surface area contributed by atoms with Gasteiger partial charge in [-0.15, -0.1) is 0 Å². The quantitative estimate of drug-likeness (QED) is 0.731. The number of hydrogen-bond acceptors (Lipinski definition) is 5. The van der Waals surface area contributed by atoms with Gasteiger partial charge in [-0.05, 0) is 54.7 Å². The molecule has 6 nitrogen and oxygen atoms in total. The fraction of sp³-hybridized carbons (Fsp3) is 0.435. The predicted octanol–water partition coefficient (Wildman–Crippen LogP) is 2.95. The molecule has 1 amide bonds. The Hall–Kier alpha value is -2.38. The smallest absolute Gasteiger partial charge is 0.223 e. The highest BCUT2D eigenvalue weighted by atomic mass is 32.2. The number of nitrogens with zero attached hydrogens (tertiary/aromatic N) is 1. The van der Waals surface area contributed by atoms with E-state index >= 15 is 0 Å². The van der Waals surface area contributed by atoms with E-state index in [4.69, 9.17) is 9.47 Å². The molecule has 0 bridgehead atoms. The van der Waals surface area contributed by atoms with Gasteiger partial charge in [-0.1, -0.05) is 24.3 Å². The number of carbonyl (C=O) groups is 1. The Morgan fingerprint density at radius 3 is 2.57 bits per heavy atom. The van der Waals surface area contributed by atoms with Gasteiger partial charge in [-0.25, -0.2) is 8.42 Å². The molecule has 0 atom stereocenters. The number of carbonyl (C=O) groups excluding carboxylic acids is 1. The summed E-state index contributed by atoms with van der Waals surface area (Å²) in [6.07, 6.45) is 2.28. The summed E-state index contributed by atoms with van der Waals surface area (Å²) >= 11 is 0. The van der Waals surface area contributed by atoms with Crippen molar-refractivity contribution in [1.82, 2.24) is 4.90 Å². The molecule has 2 aliphatic heterocycles. The second-order valence-electron chi connectivity index (χ2n) is 7.88. The van der Waals surface area contributed by atoms with Gasteiger partial charge in [0.25, 0.3) is 0 Å². The zero-order valence-electron chi connectivity index (χ0n) is 17.2. The van der Waals surface area contributed by atoms with Crippen LogP contribution in [0.15, 0.2) is 53.4 Å². The molecule has 1 spiro atoms. The lowest BCUT2D eigenvalue weighted by molar-refractivity contribution is -0.140. The first kappa shape index (κ1) is 20.9. The second kappa shape index (κ2) is 8.40. The molecule has 2 aliphatic rings. The molecule has 1 fully saturated rings. The molecule has 4 rings (SSSR count). The molecule has 30 heavy (non-hydrogen) atoms. The van der Waals surface area contributed by atoms with Gasteiger partial charge in [0, 0.05) is 19.5 Å². The number of hydrogen-bond donors (Lipinski definition) is 0. The van der Waals surface area contributed by atoms with E-state index < -0.39 is 9.84 Å². The molecule has 0 radical (unpaired) electrons. The molecular weight excluding hydrogens is 402 g/mol. The number of rotatable bonds is 5. The maximum Gasteiger partial charge on any atom is 0.223 e. The van der Waals surface area contributed by atoms with Crippen LogP contribution < -0.4 is 4.74 Å². The number of amides is 1. The molecule has 0 N–H and O–H groups in total. The minimum absolute atomic E-state index is 0.00112. The van der Waals surface area contributed by atoms with Crippen LogP contribution in [0.25, 0.3) is 0 Å². The third-order valence-electron chi connectivity index (χ3n) is 6.16. The minimum Gasteiger partial charge on any atom is -0.497 e. The summed E-state index contributed by atoms with van der Waals surface area (Å²) < 4.78 is 36.5. The Bertz CT molecular complexity index is 1010. The van der Waals surface area contributed by atoms with Crippen LogP contribution in [0, 0.1) is 0 Å². The SMILES string of the molecule is COc1ccc2c(c1)CCOC21CCN(C(=O)CCS(=O)(=O)c2ccccc2)CC1. The molecule has 2 aromatic rings. The largest absolute Gasteiger partial charge is 0.497 e. The van der Waals surface area contributed by atoms with Crippen LogP contribution in [0.4, 0.5) is 0 Å². The Balaban J connectivity index is 1.39. The highest BCUT2D eigenvalue weighted by Crippen LogP contribution is 2.42. The maximum absolute atomic E-state index is 12.7. The van der Waals surface area contributed by atoms with Gasteiger partial charge in [-0.2, -0.15) is 0 Å². The van der Waals surface area contributed by atoms with Gasteiger partial charge in [0.05, 0.1) is 30.0 Å². The number of piperidine rings is 1. The van der Waals surface area contributed by atoms with Crippen molar-refractivity contribution in [2.75, 3.05) is 32.6 Å². The van der Waals surface area contributed by atoms with Crippen LogP contribution in [0.5, 0.6) is 5.75 Å². The monoisotopic (exact) mass is 429 g/mol.